The molecule has 0 spiro atoms. The molecule has 3 N–H and O–H groups in total. The molecule has 1 atom stereocenters. The number of rotatable bonds is 11. The molecule has 3 amide bonds. The zero-order valence-electron chi connectivity index (χ0n) is 18.0. The molecule has 2 rings (SSSR count). The fourth-order valence-electron chi connectivity index (χ4n) is 3.11. The van der Waals surface area contributed by atoms with E-state index < -0.39 is 23.8 Å². The average molecular weight is 426 g/mol. The largest absolute Gasteiger partial charge is 0.445 e. The molecule has 0 bridgehead atoms. The molecule has 7 nitrogen and oxygen atoms in total. The van der Waals surface area contributed by atoms with Gasteiger partial charge in [-0.2, -0.15) is 0 Å². The van der Waals surface area contributed by atoms with Crippen molar-refractivity contribution in [2.75, 3.05) is 6.54 Å². The van der Waals surface area contributed by atoms with Crippen molar-refractivity contribution in [1.82, 2.24) is 10.3 Å². The minimum Gasteiger partial charge on any atom is -0.445 e. The Bertz CT molecular complexity index is 827. The molecule has 2 aromatic rings. The van der Waals surface area contributed by atoms with Crippen LogP contribution in [0.15, 0.2) is 60.7 Å². The summed E-state index contributed by atoms with van der Waals surface area (Å²) in [4.78, 5) is 37.4. The number of hydrogen-bond donors (Lipinski definition) is 2. The number of nitrogens with zero attached hydrogens (tertiary/aromatic N) is 1. The molecular formula is C24H31N3O4. The lowest BCUT2D eigenvalue weighted by atomic mass is 9.99. The number of nitrogens with one attached hydrogen (secondary N) is 1. The molecular weight excluding hydrogens is 394 g/mol. The maximum absolute atomic E-state index is 12.8. The Labute approximate surface area is 183 Å². The van der Waals surface area contributed by atoms with Gasteiger partial charge in [-0.1, -0.05) is 86.8 Å². The number of ether oxygens (including phenoxy) is 1. The molecule has 0 aliphatic carbocycles. The van der Waals surface area contributed by atoms with Crippen LogP contribution in [0.5, 0.6) is 0 Å². The predicted octanol–water partition coefficient (Wildman–Crippen LogP) is 3.58. The Morgan fingerprint density at radius 2 is 1.58 bits per heavy atom. The summed E-state index contributed by atoms with van der Waals surface area (Å²) in [7, 11) is 0. The van der Waals surface area contributed by atoms with Gasteiger partial charge in [0.2, 0.25) is 11.8 Å². The molecule has 0 aromatic heterocycles. The van der Waals surface area contributed by atoms with Crippen molar-refractivity contribution in [2.45, 2.75) is 45.6 Å². The molecule has 0 aliphatic heterocycles. The van der Waals surface area contributed by atoms with Crippen molar-refractivity contribution in [3.63, 3.8) is 0 Å². The lowest BCUT2D eigenvalue weighted by Gasteiger charge is -2.22. The Balaban J connectivity index is 1.90. The van der Waals surface area contributed by atoms with Crippen molar-refractivity contribution in [1.29, 1.82) is 0 Å². The van der Waals surface area contributed by atoms with Gasteiger partial charge in [0, 0.05) is 6.54 Å². The van der Waals surface area contributed by atoms with Gasteiger partial charge in [0.1, 0.15) is 6.61 Å². The lowest BCUT2D eigenvalue weighted by Crippen LogP contribution is -2.49. The van der Waals surface area contributed by atoms with Gasteiger partial charge in [-0.15, -0.1) is 0 Å². The minimum absolute atomic E-state index is 0.0390. The van der Waals surface area contributed by atoms with Gasteiger partial charge in [0.05, 0.1) is 12.3 Å². The first kappa shape index (κ1) is 24.1. The molecule has 0 heterocycles. The number of carbonyl (C=O) groups is 3. The van der Waals surface area contributed by atoms with E-state index in [1.807, 2.05) is 48.5 Å². The average Bonchev–Trinajstić information content (AvgIpc) is 2.80. The predicted molar refractivity (Wildman–Crippen MR) is 118 cm³/mol. The second-order valence-electron chi connectivity index (χ2n) is 7.40. The molecule has 0 radical (unpaired) electrons. The molecule has 0 unspecified atom stereocenters. The van der Waals surface area contributed by atoms with Crippen LogP contribution >= 0.6 is 0 Å². The fourth-order valence-corrected chi connectivity index (χ4v) is 3.11. The number of hydrogen-bond acceptors (Lipinski definition) is 5. The normalized spacial score (nSPS) is 11.4. The van der Waals surface area contributed by atoms with E-state index in [4.69, 9.17) is 10.6 Å². The number of nitrogens with two attached hydrogens (primary N) is 1. The van der Waals surface area contributed by atoms with Crippen LogP contribution in [0.2, 0.25) is 0 Å². The highest BCUT2D eigenvalue weighted by molar-refractivity contribution is 5.96. The minimum atomic E-state index is -0.615. The van der Waals surface area contributed by atoms with E-state index in [1.165, 1.54) is 0 Å². The molecule has 0 fully saturated rings. The van der Waals surface area contributed by atoms with Gasteiger partial charge in [-0.05, 0) is 17.5 Å². The van der Waals surface area contributed by atoms with E-state index in [1.54, 1.807) is 12.1 Å². The van der Waals surface area contributed by atoms with Crippen molar-refractivity contribution in [3.8, 4) is 0 Å². The second kappa shape index (κ2) is 13.2. The summed E-state index contributed by atoms with van der Waals surface area (Å²) in [6.45, 7) is 2.26. The topological polar surface area (TPSA) is 102 Å². The monoisotopic (exact) mass is 425 g/mol. The molecule has 2 aromatic carbocycles. The summed E-state index contributed by atoms with van der Waals surface area (Å²) in [6, 6.07) is 18.4. The van der Waals surface area contributed by atoms with Crippen LogP contribution in [0.4, 0.5) is 4.79 Å². The highest BCUT2D eigenvalue weighted by atomic mass is 16.5. The Hall–Kier alpha value is -3.19. The number of hydrazine groups is 1. The van der Waals surface area contributed by atoms with E-state index >= 15 is 0 Å². The Morgan fingerprint density at radius 1 is 0.968 bits per heavy atom. The quantitative estimate of drug-likeness (QED) is 0.248. The van der Waals surface area contributed by atoms with Crippen molar-refractivity contribution in [2.24, 2.45) is 11.8 Å². The van der Waals surface area contributed by atoms with Crippen LogP contribution < -0.4 is 11.2 Å². The highest BCUT2D eigenvalue weighted by Crippen LogP contribution is 2.13. The van der Waals surface area contributed by atoms with Crippen molar-refractivity contribution < 1.29 is 19.1 Å². The van der Waals surface area contributed by atoms with Crippen LogP contribution in [0.3, 0.4) is 0 Å². The first-order valence-corrected chi connectivity index (χ1v) is 10.6. The standard InChI is InChI=1S/C24H31N3O4/c1-2-3-6-15-21(17-26-24(30)31-18-20-13-9-5-10-14-20)23(29)27(25)22(28)16-19-11-7-4-8-12-19/h4-5,7-14,21H,2-3,6,15-18,25H2,1H3,(H,26,30)/t21-/m1/s1. The maximum Gasteiger partial charge on any atom is 0.407 e. The zero-order chi connectivity index (χ0) is 22.5. The van der Waals surface area contributed by atoms with E-state index in [0.717, 1.165) is 30.4 Å². The van der Waals surface area contributed by atoms with Gasteiger partial charge in [-0.3, -0.25) is 9.59 Å². The first-order valence-electron chi connectivity index (χ1n) is 10.6. The summed E-state index contributed by atoms with van der Waals surface area (Å²) < 4.78 is 5.20. The van der Waals surface area contributed by atoms with Crippen LogP contribution in [0, 0.1) is 5.92 Å². The molecule has 0 aliphatic rings. The Kier molecular flexibility index (Phi) is 10.2. The first-order chi connectivity index (χ1) is 15.0. The van der Waals surface area contributed by atoms with Crippen LogP contribution in [0.25, 0.3) is 0 Å². The SMILES string of the molecule is CCCCC[C@H](CNC(=O)OCc1ccccc1)C(=O)N(N)C(=O)Cc1ccccc1. The van der Waals surface area contributed by atoms with E-state index in [0.29, 0.717) is 11.4 Å². The van der Waals surface area contributed by atoms with E-state index in [-0.39, 0.29) is 19.6 Å². The third kappa shape index (κ3) is 8.60. The summed E-state index contributed by atoms with van der Waals surface area (Å²) in [5.74, 6) is 4.27. The zero-order valence-corrected chi connectivity index (χ0v) is 18.0. The number of carbonyl (C=O) groups excluding carboxylic acids is 3. The molecule has 31 heavy (non-hydrogen) atoms. The van der Waals surface area contributed by atoms with Gasteiger partial charge in [0.25, 0.3) is 0 Å². The summed E-state index contributed by atoms with van der Waals surface area (Å²) in [5.41, 5.74) is 1.65. The van der Waals surface area contributed by atoms with E-state index in [2.05, 4.69) is 12.2 Å². The van der Waals surface area contributed by atoms with Crippen LogP contribution in [0.1, 0.15) is 43.7 Å². The second-order valence-corrected chi connectivity index (χ2v) is 7.40. The number of unbranched alkanes of at least 4 members (excludes halogenated alkanes) is 2. The van der Waals surface area contributed by atoms with Crippen LogP contribution in [-0.4, -0.2) is 29.5 Å². The third-order valence-electron chi connectivity index (χ3n) is 4.92. The van der Waals surface area contributed by atoms with E-state index in [9.17, 15) is 14.4 Å². The molecule has 0 saturated carbocycles. The number of amides is 3. The Morgan fingerprint density at radius 3 is 2.19 bits per heavy atom. The summed E-state index contributed by atoms with van der Waals surface area (Å²) >= 11 is 0. The highest BCUT2D eigenvalue weighted by Gasteiger charge is 2.27. The number of benzene rings is 2. The smallest absolute Gasteiger partial charge is 0.407 e. The summed E-state index contributed by atoms with van der Waals surface area (Å²) in [5, 5.41) is 3.31. The van der Waals surface area contributed by atoms with Gasteiger partial charge < -0.3 is 10.1 Å². The van der Waals surface area contributed by atoms with Gasteiger partial charge in [0.15, 0.2) is 0 Å². The molecule has 7 heteroatoms. The van der Waals surface area contributed by atoms with Crippen LogP contribution in [-0.2, 0) is 27.4 Å². The number of alkyl carbamates (subject to hydrolysis) is 1. The molecule has 166 valence electrons. The number of imide groups is 1. The third-order valence-corrected chi connectivity index (χ3v) is 4.92. The molecule has 0 saturated heterocycles. The van der Waals surface area contributed by atoms with Gasteiger partial charge in [-0.25, -0.2) is 15.6 Å². The van der Waals surface area contributed by atoms with Gasteiger partial charge >= 0.3 is 6.09 Å². The fraction of sp³-hybridized carbons (Fsp3) is 0.375. The summed E-state index contributed by atoms with van der Waals surface area (Å²) in [6.07, 6.45) is 2.69. The lowest BCUT2D eigenvalue weighted by molar-refractivity contribution is -0.147. The maximum atomic E-state index is 12.8. The van der Waals surface area contributed by atoms with Crippen molar-refractivity contribution in [3.05, 3.63) is 71.8 Å². The van der Waals surface area contributed by atoms with Crippen molar-refractivity contribution >= 4 is 17.9 Å².